The highest BCUT2D eigenvalue weighted by atomic mass is 16.6. The fourth-order valence-corrected chi connectivity index (χ4v) is 1.55. The molecule has 0 aliphatic rings. The van der Waals surface area contributed by atoms with Gasteiger partial charge in [0, 0.05) is 24.1 Å². The number of hydrogen-bond donors (Lipinski definition) is 2. The highest BCUT2D eigenvalue weighted by Gasteiger charge is 2.09. The molecule has 6 nitrogen and oxygen atoms in total. The molecule has 0 aliphatic carbocycles. The van der Waals surface area contributed by atoms with E-state index in [-0.39, 0.29) is 5.69 Å². The Morgan fingerprint density at radius 1 is 1.59 bits per heavy atom. The van der Waals surface area contributed by atoms with Crippen molar-refractivity contribution in [1.82, 2.24) is 15.5 Å². The summed E-state index contributed by atoms with van der Waals surface area (Å²) in [6.07, 6.45) is 3.78. The Balaban J connectivity index is 2.43. The minimum atomic E-state index is -0.409. The number of aromatic amines is 1. The van der Waals surface area contributed by atoms with Crippen molar-refractivity contribution in [2.24, 2.45) is 0 Å². The third-order valence-corrected chi connectivity index (χ3v) is 2.38. The number of likely N-dealkylation sites (N-methyl/N-ethyl adjacent to an activating group) is 1. The van der Waals surface area contributed by atoms with Gasteiger partial charge < -0.3 is 5.32 Å². The van der Waals surface area contributed by atoms with Crippen molar-refractivity contribution >= 4 is 22.7 Å². The summed E-state index contributed by atoms with van der Waals surface area (Å²) in [5, 5.41) is 21.3. The van der Waals surface area contributed by atoms with Crippen LogP contribution in [0.5, 0.6) is 0 Å². The molecule has 0 amide bonds. The van der Waals surface area contributed by atoms with Crippen LogP contribution in [0, 0.1) is 10.1 Å². The van der Waals surface area contributed by atoms with Gasteiger partial charge in [0.1, 0.15) is 0 Å². The molecule has 2 N–H and O–H groups in total. The van der Waals surface area contributed by atoms with Crippen molar-refractivity contribution < 1.29 is 4.92 Å². The van der Waals surface area contributed by atoms with Crippen molar-refractivity contribution in [3.05, 3.63) is 40.1 Å². The lowest BCUT2D eigenvalue weighted by Crippen LogP contribution is -2.03. The summed E-state index contributed by atoms with van der Waals surface area (Å²) in [5.41, 5.74) is 1.57. The molecule has 0 aliphatic heterocycles. The van der Waals surface area contributed by atoms with Crippen LogP contribution in [0.25, 0.3) is 17.0 Å². The first-order chi connectivity index (χ1) is 8.22. The zero-order valence-corrected chi connectivity index (χ0v) is 9.30. The van der Waals surface area contributed by atoms with Crippen molar-refractivity contribution in [3.8, 4) is 0 Å². The largest absolute Gasteiger partial charge is 0.316 e. The molecule has 0 atom stereocenters. The molecule has 0 saturated carbocycles. The number of rotatable bonds is 4. The normalized spacial score (nSPS) is 11.4. The third-order valence-electron chi connectivity index (χ3n) is 2.38. The van der Waals surface area contributed by atoms with Crippen molar-refractivity contribution in [1.29, 1.82) is 0 Å². The van der Waals surface area contributed by atoms with Gasteiger partial charge in [-0.25, -0.2) is 0 Å². The van der Waals surface area contributed by atoms with Crippen molar-refractivity contribution in [3.63, 3.8) is 0 Å². The molecule has 0 spiro atoms. The quantitative estimate of drug-likeness (QED) is 0.620. The number of nitrogens with zero attached hydrogens (tertiary/aromatic N) is 2. The second-order valence-corrected chi connectivity index (χ2v) is 3.56. The van der Waals surface area contributed by atoms with Gasteiger partial charge in [-0.2, -0.15) is 5.10 Å². The Hall–Kier alpha value is -2.21. The SMILES string of the molecule is CNCC=Cc1[nH]nc2ccc([N+](=O)[O-])cc12. The van der Waals surface area contributed by atoms with Crippen LogP contribution in [-0.2, 0) is 0 Å². The van der Waals surface area contributed by atoms with Crippen LogP contribution in [-0.4, -0.2) is 28.7 Å². The number of benzene rings is 1. The molecule has 2 rings (SSSR count). The van der Waals surface area contributed by atoms with Crippen LogP contribution in [0.3, 0.4) is 0 Å². The van der Waals surface area contributed by atoms with E-state index in [4.69, 9.17) is 0 Å². The standard InChI is InChI=1S/C11H12N4O2/c1-12-6-2-3-10-9-7-8(15(16)17)4-5-11(9)14-13-10/h2-5,7,12H,6H2,1H3,(H,13,14). The molecule has 1 heterocycles. The van der Waals surface area contributed by atoms with Gasteiger partial charge >= 0.3 is 0 Å². The monoisotopic (exact) mass is 232 g/mol. The Morgan fingerprint density at radius 3 is 3.12 bits per heavy atom. The van der Waals surface area contributed by atoms with E-state index >= 15 is 0 Å². The highest BCUT2D eigenvalue weighted by molar-refractivity contribution is 5.88. The molecule has 88 valence electrons. The van der Waals surface area contributed by atoms with Gasteiger partial charge in [-0.15, -0.1) is 0 Å². The van der Waals surface area contributed by atoms with Gasteiger partial charge in [-0.05, 0) is 19.2 Å². The average molecular weight is 232 g/mol. The molecule has 0 bridgehead atoms. The van der Waals surface area contributed by atoms with E-state index in [9.17, 15) is 10.1 Å². The Kier molecular flexibility index (Phi) is 3.15. The lowest BCUT2D eigenvalue weighted by molar-refractivity contribution is -0.384. The third kappa shape index (κ3) is 2.31. The first-order valence-corrected chi connectivity index (χ1v) is 5.16. The summed E-state index contributed by atoms with van der Waals surface area (Å²) in [7, 11) is 1.85. The maximum Gasteiger partial charge on any atom is 0.270 e. The van der Waals surface area contributed by atoms with Crippen LogP contribution in [0.1, 0.15) is 5.69 Å². The number of nitrogens with one attached hydrogen (secondary N) is 2. The number of aromatic nitrogens is 2. The molecule has 6 heteroatoms. The molecule has 1 aromatic carbocycles. The van der Waals surface area contributed by atoms with Gasteiger partial charge in [-0.3, -0.25) is 15.2 Å². The summed E-state index contributed by atoms with van der Waals surface area (Å²) in [6.45, 7) is 0.732. The number of non-ortho nitro benzene ring substituents is 1. The summed E-state index contributed by atoms with van der Waals surface area (Å²) in [4.78, 5) is 10.3. The van der Waals surface area contributed by atoms with E-state index in [1.807, 2.05) is 19.2 Å². The summed E-state index contributed by atoms with van der Waals surface area (Å²) in [6, 6.07) is 4.61. The zero-order chi connectivity index (χ0) is 12.3. The summed E-state index contributed by atoms with van der Waals surface area (Å²) < 4.78 is 0. The second kappa shape index (κ2) is 4.75. The Labute approximate surface area is 97.5 Å². The van der Waals surface area contributed by atoms with Crippen LogP contribution < -0.4 is 5.32 Å². The van der Waals surface area contributed by atoms with E-state index in [0.29, 0.717) is 0 Å². The number of nitro groups is 1. The minimum absolute atomic E-state index is 0.0715. The molecule has 0 fully saturated rings. The number of hydrogen-bond acceptors (Lipinski definition) is 4. The lowest BCUT2D eigenvalue weighted by atomic mass is 10.2. The molecule has 1 aromatic heterocycles. The van der Waals surface area contributed by atoms with Crippen LogP contribution in [0.15, 0.2) is 24.3 Å². The van der Waals surface area contributed by atoms with E-state index in [1.165, 1.54) is 12.1 Å². The van der Waals surface area contributed by atoms with E-state index in [1.54, 1.807) is 6.07 Å². The number of fused-ring (bicyclic) bond motifs is 1. The maximum atomic E-state index is 10.7. The molecule has 17 heavy (non-hydrogen) atoms. The molecule has 0 unspecified atom stereocenters. The van der Waals surface area contributed by atoms with Gasteiger partial charge in [0.05, 0.1) is 16.1 Å². The van der Waals surface area contributed by atoms with Crippen LogP contribution in [0.4, 0.5) is 5.69 Å². The van der Waals surface area contributed by atoms with Gasteiger partial charge in [0.15, 0.2) is 0 Å². The van der Waals surface area contributed by atoms with E-state index in [2.05, 4.69) is 15.5 Å². The zero-order valence-electron chi connectivity index (χ0n) is 9.30. The smallest absolute Gasteiger partial charge is 0.270 e. The van der Waals surface area contributed by atoms with Crippen LogP contribution in [0.2, 0.25) is 0 Å². The van der Waals surface area contributed by atoms with Gasteiger partial charge in [-0.1, -0.05) is 6.08 Å². The average Bonchev–Trinajstić information content (AvgIpc) is 2.72. The summed E-state index contributed by atoms with van der Waals surface area (Å²) >= 11 is 0. The Bertz CT molecular complexity index is 574. The first kappa shape index (κ1) is 11.3. The predicted molar refractivity (Wildman–Crippen MR) is 65.7 cm³/mol. The molecular weight excluding hydrogens is 220 g/mol. The maximum absolute atomic E-state index is 10.7. The summed E-state index contributed by atoms with van der Waals surface area (Å²) in [5.74, 6) is 0. The highest BCUT2D eigenvalue weighted by Crippen LogP contribution is 2.22. The van der Waals surface area contributed by atoms with Crippen molar-refractivity contribution in [2.45, 2.75) is 0 Å². The van der Waals surface area contributed by atoms with E-state index < -0.39 is 4.92 Å². The second-order valence-electron chi connectivity index (χ2n) is 3.56. The minimum Gasteiger partial charge on any atom is -0.316 e. The predicted octanol–water partition coefficient (Wildman–Crippen LogP) is 1.70. The topological polar surface area (TPSA) is 83.8 Å². The van der Waals surface area contributed by atoms with Gasteiger partial charge in [0.2, 0.25) is 0 Å². The van der Waals surface area contributed by atoms with Crippen LogP contribution >= 0.6 is 0 Å². The number of H-pyrrole nitrogens is 1. The Morgan fingerprint density at radius 2 is 2.41 bits per heavy atom. The molecule has 0 radical (unpaired) electrons. The number of nitro benzene ring substituents is 1. The molecular formula is C11H12N4O2. The first-order valence-electron chi connectivity index (χ1n) is 5.16. The fourth-order valence-electron chi connectivity index (χ4n) is 1.55. The lowest BCUT2D eigenvalue weighted by Gasteiger charge is -1.92. The van der Waals surface area contributed by atoms with E-state index in [0.717, 1.165) is 23.1 Å². The van der Waals surface area contributed by atoms with Gasteiger partial charge in [0.25, 0.3) is 5.69 Å². The molecule has 0 saturated heterocycles. The fraction of sp³-hybridized carbons (Fsp3) is 0.182. The molecule has 2 aromatic rings. The van der Waals surface area contributed by atoms with Crippen molar-refractivity contribution in [2.75, 3.05) is 13.6 Å².